The van der Waals surface area contributed by atoms with Crippen LogP contribution < -0.4 is 14.4 Å². The lowest BCUT2D eigenvalue weighted by Gasteiger charge is -2.18. The molecule has 0 unspecified atom stereocenters. The minimum atomic E-state index is -0.639. The van der Waals surface area contributed by atoms with Gasteiger partial charge >= 0.3 is 0 Å². The van der Waals surface area contributed by atoms with Gasteiger partial charge in [-0.1, -0.05) is 6.07 Å². The smallest absolute Gasteiger partial charge is 0.268 e. The SMILES string of the molecule is CN(C)C(=O)CN1Cc2ccc(N3CC[C@@H](Oc4cnc(OCC5CC5)c(Br)c4)C3=O)cc2C1=O. The predicted octanol–water partition coefficient (Wildman–Crippen LogP) is 2.86. The third kappa shape index (κ3) is 4.98. The van der Waals surface area contributed by atoms with E-state index in [4.69, 9.17) is 9.47 Å². The molecule has 3 heterocycles. The van der Waals surface area contributed by atoms with Crippen LogP contribution in [0, 0.1) is 5.92 Å². The molecule has 1 aromatic heterocycles. The second-order valence-electron chi connectivity index (χ2n) is 9.39. The molecule has 3 amide bonds. The van der Waals surface area contributed by atoms with Crippen LogP contribution in [0.15, 0.2) is 34.9 Å². The van der Waals surface area contributed by atoms with Crippen LogP contribution in [0.5, 0.6) is 11.6 Å². The molecule has 3 aliphatic rings. The fraction of sp³-hybridized carbons (Fsp3) is 0.440. The second-order valence-corrected chi connectivity index (χ2v) is 10.2. The molecule has 0 radical (unpaired) electrons. The Morgan fingerprint density at radius 3 is 2.71 bits per heavy atom. The Morgan fingerprint density at radius 2 is 2.00 bits per heavy atom. The summed E-state index contributed by atoms with van der Waals surface area (Å²) in [5.41, 5.74) is 2.03. The zero-order valence-electron chi connectivity index (χ0n) is 19.7. The van der Waals surface area contributed by atoms with Crippen LogP contribution in [0.4, 0.5) is 5.69 Å². The second kappa shape index (κ2) is 9.49. The largest absolute Gasteiger partial charge is 0.479 e. The molecule has 0 N–H and O–H groups in total. The molecule has 1 saturated heterocycles. The van der Waals surface area contributed by atoms with Crippen LogP contribution in [-0.2, 0) is 16.1 Å². The summed E-state index contributed by atoms with van der Waals surface area (Å²) in [5.74, 6) is 1.13. The first-order chi connectivity index (χ1) is 16.8. The van der Waals surface area contributed by atoms with Gasteiger partial charge in [-0.2, -0.15) is 0 Å². The highest BCUT2D eigenvalue weighted by molar-refractivity contribution is 9.10. The van der Waals surface area contributed by atoms with Gasteiger partial charge in [-0.25, -0.2) is 4.98 Å². The number of rotatable bonds is 8. The molecular formula is C25H27BrN4O5. The number of benzene rings is 1. The van der Waals surface area contributed by atoms with Gasteiger partial charge in [-0.3, -0.25) is 14.4 Å². The van der Waals surface area contributed by atoms with Crippen molar-refractivity contribution in [3.8, 4) is 11.6 Å². The fourth-order valence-corrected chi connectivity index (χ4v) is 4.64. The molecule has 1 atom stereocenters. The van der Waals surface area contributed by atoms with Crippen LogP contribution in [-0.4, -0.2) is 72.4 Å². The minimum Gasteiger partial charge on any atom is -0.479 e. The summed E-state index contributed by atoms with van der Waals surface area (Å²) in [5, 5.41) is 0. The van der Waals surface area contributed by atoms with E-state index in [0.717, 1.165) is 5.56 Å². The number of hydrogen-bond donors (Lipinski definition) is 0. The monoisotopic (exact) mass is 542 g/mol. The van der Waals surface area contributed by atoms with Crippen LogP contribution in [0.1, 0.15) is 35.2 Å². The van der Waals surface area contributed by atoms with E-state index < -0.39 is 6.10 Å². The van der Waals surface area contributed by atoms with Crippen LogP contribution in [0.3, 0.4) is 0 Å². The molecule has 2 aromatic rings. The Hall–Kier alpha value is -3.14. The van der Waals surface area contributed by atoms with Crippen molar-refractivity contribution >= 4 is 39.3 Å². The molecule has 5 rings (SSSR count). The molecule has 9 nitrogen and oxygen atoms in total. The van der Waals surface area contributed by atoms with Gasteiger partial charge in [0.1, 0.15) is 12.3 Å². The molecule has 1 aromatic carbocycles. The van der Waals surface area contributed by atoms with E-state index in [9.17, 15) is 14.4 Å². The lowest BCUT2D eigenvalue weighted by atomic mass is 10.1. The number of fused-ring (bicyclic) bond motifs is 1. The fourth-order valence-electron chi connectivity index (χ4n) is 4.19. The quantitative estimate of drug-likeness (QED) is 0.509. The molecule has 1 saturated carbocycles. The van der Waals surface area contributed by atoms with Crippen molar-refractivity contribution in [1.29, 1.82) is 0 Å². The van der Waals surface area contributed by atoms with Crippen molar-refractivity contribution < 1.29 is 23.9 Å². The van der Waals surface area contributed by atoms with Crippen molar-refractivity contribution in [2.24, 2.45) is 5.92 Å². The van der Waals surface area contributed by atoms with Crippen molar-refractivity contribution in [2.75, 3.05) is 38.7 Å². The number of pyridine rings is 1. The number of halogens is 1. The van der Waals surface area contributed by atoms with Gasteiger partial charge in [0.05, 0.1) is 17.3 Å². The van der Waals surface area contributed by atoms with Crippen molar-refractivity contribution in [2.45, 2.75) is 31.9 Å². The van der Waals surface area contributed by atoms with E-state index in [1.807, 2.05) is 12.1 Å². The van der Waals surface area contributed by atoms with Crippen LogP contribution >= 0.6 is 15.9 Å². The number of carbonyl (C=O) groups excluding carboxylic acids is 3. The summed E-state index contributed by atoms with van der Waals surface area (Å²) < 4.78 is 12.4. The molecule has 35 heavy (non-hydrogen) atoms. The molecule has 0 spiro atoms. The van der Waals surface area contributed by atoms with Gasteiger partial charge in [0.25, 0.3) is 11.8 Å². The highest BCUT2D eigenvalue weighted by atomic mass is 79.9. The number of hydrogen-bond acceptors (Lipinski definition) is 6. The minimum absolute atomic E-state index is 0.0302. The standard InChI is InChI=1S/C25H27BrN4O5/c1-28(2)22(31)13-29-12-16-5-6-17(9-19(16)24(29)32)30-8-7-21(25(30)33)35-18-10-20(26)23(27-11-18)34-14-15-3-4-15/h5-6,9-11,15,21H,3-4,7-8,12-14H2,1-2H3/t21-/m1/s1. The van der Waals surface area contributed by atoms with E-state index in [2.05, 4.69) is 20.9 Å². The van der Waals surface area contributed by atoms with E-state index in [-0.39, 0.29) is 24.3 Å². The Bertz CT molecular complexity index is 1180. The Kier molecular flexibility index (Phi) is 6.39. The Balaban J connectivity index is 1.23. The van der Waals surface area contributed by atoms with Gasteiger partial charge in [-0.15, -0.1) is 0 Å². The average Bonchev–Trinajstić information content (AvgIpc) is 3.53. The Morgan fingerprint density at radius 1 is 1.20 bits per heavy atom. The number of anilines is 1. The zero-order valence-corrected chi connectivity index (χ0v) is 21.3. The highest BCUT2D eigenvalue weighted by Gasteiger charge is 2.36. The van der Waals surface area contributed by atoms with E-state index in [1.165, 1.54) is 22.6 Å². The first-order valence-electron chi connectivity index (χ1n) is 11.7. The summed E-state index contributed by atoms with van der Waals surface area (Å²) >= 11 is 3.47. The van der Waals surface area contributed by atoms with E-state index >= 15 is 0 Å². The molecule has 0 bridgehead atoms. The Labute approximate surface area is 212 Å². The van der Waals surface area contributed by atoms with Gasteiger partial charge in [0.15, 0.2) is 6.10 Å². The first-order valence-corrected chi connectivity index (χ1v) is 12.5. The maximum absolute atomic E-state index is 13.1. The van der Waals surface area contributed by atoms with E-state index in [1.54, 1.807) is 37.3 Å². The van der Waals surface area contributed by atoms with Crippen molar-refractivity contribution in [3.63, 3.8) is 0 Å². The maximum atomic E-state index is 13.1. The van der Waals surface area contributed by atoms with Gasteiger partial charge in [0.2, 0.25) is 11.8 Å². The third-order valence-electron chi connectivity index (χ3n) is 6.48. The molecule has 10 heteroatoms. The first kappa shape index (κ1) is 23.6. The van der Waals surface area contributed by atoms with Gasteiger partial charge in [-0.05, 0) is 52.4 Å². The molecule has 2 fully saturated rings. The molecular weight excluding hydrogens is 516 g/mol. The average molecular weight is 543 g/mol. The summed E-state index contributed by atoms with van der Waals surface area (Å²) in [6.07, 6.45) is 3.85. The van der Waals surface area contributed by atoms with Gasteiger partial charge in [0, 0.05) is 50.9 Å². The number of likely N-dealkylation sites (N-methyl/N-ethyl adjacent to an activating group) is 1. The summed E-state index contributed by atoms with van der Waals surface area (Å²) in [6, 6.07) is 7.20. The number of carbonyl (C=O) groups is 3. The van der Waals surface area contributed by atoms with Gasteiger partial charge < -0.3 is 24.2 Å². The molecule has 184 valence electrons. The molecule has 2 aliphatic heterocycles. The topological polar surface area (TPSA) is 92.3 Å². The predicted molar refractivity (Wildman–Crippen MR) is 131 cm³/mol. The highest BCUT2D eigenvalue weighted by Crippen LogP contribution is 2.34. The summed E-state index contributed by atoms with van der Waals surface area (Å²) in [7, 11) is 3.33. The molecule has 1 aliphatic carbocycles. The number of nitrogens with zero attached hydrogens (tertiary/aromatic N) is 4. The number of amides is 3. The third-order valence-corrected chi connectivity index (χ3v) is 7.05. The number of ether oxygens (including phenoxy) is 2. The lowest BCUT2D eigenvalue weighted by molar-refractivity contribution is -0.129. The lowest BCUT2D eigenvalue weighted by Crippen LogP contribution is -2.36. The van der Waals surface area contributed by atoms with E-state index in [0.29, 0.717) is 59.4 Å². The van der Waals surface area contributed by atoms with Crippen LogP contribution in [0.2, 0.25) is 0 Å². The van der Waals surface area contributed by atoms with Crippen LogP contribution in [0.25, 0.3) is 0 Å². The van der Waals surface area contributed by atoms with Crippen molar-refractivity contribution in [3.05, 3.63) is 46.1 Å². The number of aromatic nitrogens is 1. The zero-order chi connectivity index (χ0) is 24.7. The summed E-state index contributed by atoms with van der Waals surface area (Å²) in [4.78, 5) is 47.0. The normalized spacial score (nSPS) is 19.2. The summed E-state index contributed by atoms with van der Waals surface area (Å²) in [6.45, 7) is 1.56. The maximum Gasteiger partial charge on any atom is 0.268 e. The van der Waals surface area contributed by atoms with Crippen molar-refractivity contribution in [1.82, 2.24) is 14.8 Å².